The first-order valence-corrected chi connectivity index (χ1v) is 4.96. The molecule has 0 aliphatic heterocycles. The fourth-order valence-electron chi connectivity index (χ4n) is 1.38. The van der Waals surface area contributed by atoms with E-state index in [2.05, 4.69) is 14.7 Å². The molecule has 2 rings (SSSR count). The van der Waals surface area contributed by atoms with Crippen LogP contribution in [0.15, 0.2) is 6.07 Å². The lowest BCUT2D eigenvalue weighted by Gasteiger charge is -2.08. The third kappa shape index (κ3) is 2.54. The third-order valence-corrected chi connectivity index (χ3v) is 2.40. The highest BCUT2D eigenvalue weighted by atomic mass is 19.4. The Labute approximate surface area is 94.8 Å². The molecule has 7 heteroatoms. The predicted octanol–water partition coefficient (Wildman–Crippen LogP) is 2.16. The summed E-state index contributed by atoms with van der Waals surface area (Å²) < 4.78 is 42.0. The van der Waals surface area contributed by atoms with Gasteiger partial charge in [0.1, 0.15) is 5.69 Å². The molecule has 1 aliphatic rings. The molecule has 0 bridgehead atoms. The van der Waals surface area contributed by atoms with Gasteiger partial charge in [-0.25, -0.2) is 14.8 Å². The van der Waals surface area contributed by atoms with Crippen LogP contribution in [0.1, 0.15) is 40.8 Å². The normalized spacial score (nSPS) is 15.8. The number of rotatable bonds is 2. The van der Waals surface area contributed by atoms with Gasteiger partial charge in [-0.05, 0) is 18.9 Å². The number of esters is 1. The molecule has 0 radical (unpaired) electrons. The third-order valence-electron chi connectivity index (χ3n) is 2.40. The Hall–Kier alpha value is -1.66. The number of nitrogens with zero attached hydrogens (tertiary/aromatic N) is 2. The van der Waals surface area contributed by atoms with Crippen LogP contribution in [0.3, 0.4) is 0 Å². The highest BCUT2D eigenvalue weighted by Crippen LogP contribution is 2.40. The van der Waals surface area contributed by atoms with Gasteiger partial charge in [0, 0.05) is 11.6 Å². The molecule has 1 aromatic rings. The first-order chi connectivity index (χ1) is 7.91. The molecule has 1 aliphatic carbocycles. The van der Waals surface area contributed by atoms with Crippen molar-refractivity contribution in [1.82, 2.24) is 9.97 Å². The van der Waals surface area contributed by atoms with Gasteiger partial charge in [-0.3, -0.25) is 0 Å². The molecule has 17 heavy (non-hydrogen) atoms. The molecule has 1 saturated carbocycles. The van der Waals surface area contributed by atoms with E-state index in [9.17, 15) is 18.0 Å². The monoisotopic (exact) mass is 246 g/mol. The first-order valence-electron chi connectivity index (χ1n) is 4.96. The summed E-state index contributed by atoms with van der Waals surface area (Å²) in [5, 5.41) is 0. The fraction of sp³-hybridized carbons (Fsp3) is 0.500. The van der Waals surface area contributed by atoms with Crippen LogP contribution in [-0.2, 0) is 10.9 Å². The predicted molar refractivity (Wildman–Crippen MR) is 50.3 cm³/mol. The molecule has 0 atom stereocenters. The number of hydrogen-bond donors (Lipinski definition) is 0. The molecular formula is C10H9F3N2O2. The molecule has 0 N–H and O–H groups in total. The van der Waals surface area contributed by atoms with Gasteiger partial charge in [0.2, 0.25) is 5.82 Å². The summed E-state index contributed by atoms with van der Waals surface area (Å²) in [5.74, 6) is -1.50. The van der Waals surface area contributed by atoms with Crippen LogP contribution in [0.2, 0.25) is 0 Å². The number of carbonyl (C=O) groups is 1. The van der Waals surface area contributed by atoms with E-state index in [0.717, 1.165) is 26.0 Å². The smallest absolute Gasteiger partial charge is 0.433 e. The van der Waals surface area contributed by atoms with Gasteiger partial charge in [-0.15, -0.1) is 0 Å². The van der Waals surface area contributed by atoms with Gasteiger partial charge in [0.15, 0.2) is 0 Å². The molecule has 1 aromatic heterocycles. The molecule has 0 amide bonds. The van der Waals surface area contributed by atoms with Crippen molar-refractivity contribution in [2.24, 2.45) is 0 Å². The number of hydrogen-bond acceptors (Lipinski definition) is 4. The van der Waals surface area contributed by atoms with E-state index in [1.54, 1.807) is 0 Å². The summed E-state index contributed by atoms with van der Waals surface area (Å²) in [5.41, 5.74) is -0.845. The van der Waals surface area contributed by atoms with E-state index < -0.39 is 23.7 Å². The van der Waals surface area contributed by atoms with Gasteiger partial charge in [0.05, 0.1) is 7.11 Å². The van der Waals surface area contributed by atoms with Crippen LogP contribution in [0, 0.1) is 0 Å². The highest BCUT2D eigenvalue weighted by Gasteiger charge is 2.36. The van der Waals surface area contributed by atoms with Crippen molar-refractivity contribution in [3.8, 4) is 0 Å². The Bertz CT molecular complexity index is 455. The molecule has 0 saturated heterocycles. The molecule has 0 aromatic carbocycles. The standard InChI is InChI=1S/C10H9F3N2O2/c1-17-9(16)8-14-6(5-2-3-5)4-7(15-8)10(11,12)13/h4-5H,2-3H2,1H3. The number of carbonyl (C=O) groups excluding carboxylic acids is 1. The number of halogens is 3. The fourth-order valence-corrected chi connectivity index (χ4v) is 1.38. The zero-order chi connectivity index (χ0) is 12.6. The van der Waals surface area contributed by atoms with Gasteiger partial charge in [-0.2, -0.15) is 13.2 Å². The van der Waals surface area contributed by atoms with E-state index in [0.29, 0.717) is 0 Å². The minimum Gasteiger partial charge on any atom is -0.463 e. The molecule has 1 fully saturated rings. The maximum Gasteiger partial charge on any atom is 0.433 e. The molecule has 92 valence electrons. The topological polar surface area (TPSA) is 52.1 Å². The van der Waals surface area contributed by atoms with E-state index in [1.807, 2.05) is 0 Å². The lowest BCUT2D eigenvalue weighted by molar-refractivity contribution is -0.141. The Balaban J connectivity index is 2.46. The minimum absolute atomic E-state index is 0.00232. The van der Waals surface area contributed by atoms with Gasteiger partial charge in [-0.1, -0.05) is 0 Å². The maximum absolute atomic E-state index is 12.6. The van der Waals surface area contributed by atoms with Crippen molar-refractivity contribution < 1.29 is 22.7 Å². The maximum atomic E-state index is 12.6. The van der Waals surface area contributed by atoms with E-state index in [1.165, 1.54) is 0 Å². The molecule has 4 nitrogen and oxygen atoms in total. The summed E-state index contributed by atoms with van der Waals surface area (Å²) in [6.45, 7) is 0. The zero-order valence-electron chi connectivity index (χ0n) is 8.91. The first kappa shape index (κ1) is 11.8. The molecule has 0 unspecified atom stereocenters. The van der Waals surface area contributed by atoms with Crippen molar-refractivity contribution >= 4 is 5.97 Å². The minimum atomic E-state index is -4.59. The lowest BCUT2D eigenvalue weighted by Crippen LogP contribution is -2.16. The second-order valence-corrected chi connectivity index (χ2v) is 3.77. The number of aromatic nitrogens is 2. The second kappa shape index (κ2) is 3.97. The van der Waals surface area contributed by atoms with Crippen LogP contribution in [0.5, 0.6) is 0 Å². The zero-order valence-corrected chi connectivity index (χ0v) is 8.91. The van der Waals surface area contributed by atoms with E-state index in [4.69, 9.17) is 0 Å². The Morgan fingerprint density at radius 2 is 2.06 bits per heavy atom. The van der Waals surface area contributed by atoms with Crippen LogP contribution < -0.4 is 0 Å². The summed E-state index contributed by atoms with van der Waals surface area (Å²) >= 11 is 0. The van der Waals surface area contributed by atoms with Gasteiger partial charge in [0.25, 0.3) is 0 Å². The highest BCUT2D eigenvalue weighted by molar-refractivity contribution is 5.85. The van der Waals surface area contributed by atoms with Crippen molar-refractivity contribution in [2.45, 2.75) is 24.9 Å². The second-order valence-electron chi connectivity index (χ2n) is 3.77. The summed E-state index contributed by atoms with van der Waals surface area (Å²) in [7, 11) is 1.07. The Morgan fingerprint density at radius 3 is 2.53 bits per heavy atom. The van der Waals surface area contributed by atoms with Crippen molar-refractivity contribution in [1.29, 1.82) is 0 Å². The average Bonchev–Trinajstić information content (AvgIpc) is 3.10. The number of alkyl halides is 3. The lowest BCUT2D eigenvalue weighted by atomic mass is 10.2. The summed E-state index contributed by atoms with van der Waals surface area (Å²) in [6.07, 6.45) is -3.01. The van der Waals surface area contributed by atoms with Crippen molar-refractivity contribution in [3.63, 3.8) is 0 Å². The van der Waals surface area contributed by atoms with Crippen LogP contribution in [-0.4, -0.2) is 23.0 Å². The quantitative estimate of drug-likeness (QED) is 0.750. The van der Waals surface area contributed by atoms with Crippen LogP contribution >= 0.6 is 0 Å². The number of methoxy groups -OCH3 is 1. The molecule has 0 spiro atoms. The Kier molecular flexibility index (Phi) is 2.76. The van der Waals surface area contributed by atoms with Crippen molar-refractivity contribution in [2.75, 3.05) is 7.11 Å². The average molecular weight is 246 g/mol. The van der Waals surface area contributed by atoms with E-state index in [-0.39, 0.29) is 11.6 Å². The van der Waals surface area contributed by atoms with E-state index >= 15 is 0 Å². The van der Waals surface area contributed by atoms with Gasteiger partial charge < -0.3 is 4.74 Å². The largest absolute Gasteiger partial charge is 0.463 e. The van der Waals surface area contributed by atoms with Crippen LogP contribution in [0.25, 0.3) is 0 Å². The SMILES string of the molecule is COC(=O)c1nc(C2CC2)cc(C(F)(F)F)n1. The number of ether oxygens (including phenoxy) is 1. The van der Waals surface area contributed by atoms with Crippen molar-refractivity contribution in [3.05, 3.63) is 23.3 Å². The summed E-state index contributed by atoms with van der Waals surface area (Å²) in [6, 6.07) is 0.893. The van der Waals surface area contributed by atoms with Gasteiger partial charge >= 0.3 is 12.1 Å². The van der Waals surface area contributed by atoms with Crippen LogP contribution in [0.4, 0.5) is 13.2 Å². The molecular weight excluding hydrogens is 237 g/mol. The summed E-state index contributed by atoms with van der Waals surface area (Å²) in [4.78, 5) is 18.1. The Morgan fingerprint density at radius 1 is 1.41 bits per heavy atom. The molecule has 1 heterocycles.